The van der Waals surface area contributed by atoms with Crippen molar-refractivity contribution in [2.75, 3.05) is 52.7 Å². The van der Waals surface area contributed by atoms with Crippen LogP contribution in [-0.4, -0.2) is 74.6 Å². The molecule has 0 amide bonds. The number of carboxylic acids is 1. The fourth-order valence-corrected chi connectivity index (χ4v) is 3.72. The Hall–Kier alpha value is -2.36. The Bertz CT molecular complexity index is 650. The maximum atomic E-state index is 11.8. The fraction of sp³-hybridized carbons (Fsp3) is 0.619. The number of aliphatic carboxylic acids is 1. The first-order valence-corrected chi connectivity index (χ1v) is 10.4. The third kappa shape index (κ3) is 7.47. The standard InChI is InChI=1S/C20H29NO5.CH5N3/c22-19(23)20(7-14-25-15-8-20)17-3-5-18(6-4-17)26-13-2-10-21-9-1-12-24-16-11-21;2-1(3)4/h3-6H,1-2,7-16H2,(H,22,23);(H5,2,3,4). The monoisotopic (exact) mass is 422 g/mol. The van der Waals surface area contributed by atoms with Gasteiger partial charge in [-0.15, -0.1) is 0 Å². The zero-order valence-corrected chi connectivity index (χ0v) is 17.5. The first-order chi connectivity index (χ1) is 14.4. The van der Waals surface area contributed by atoms with Crippen molar-refractivity contribution in [2.45, 2.75) is 31.1 Å². The van der Waals surface area contributed by atoms with E-state index in [0.717, 1.165) is 57.0 Å². The molecule has 2 aliphatic rings. The molecule has 0 unspecified atom stereocenters. The molecule has 0 radical (unpaired) electrons. The average molecular weight is 423 g/mol. The minimum Gasteiger partial charge on any atom is -0.494 e. The van der Waals surface area contributed by atoms with Gasteiger partial charge in [0.25, 0.3) is 0 Å². The lowest BCUT2D eigenvalue weighted by atomic mass is 9.74. The molecule has 3 rings (SSSR count). The zero-order chi connectivity index (χ0) is 21.8. The normalized spacial score (nSPS) is 19.1. The van der Waals surface area contributed by atoms with Crippen LogP contribution in [0.25, 0.3) is 0 Å². The summed E-state index contributed by atoms with van der Waals surface area (Å²) in [6.07, 6.45) is 3.10. The Morgan fingerprint density at radius 2 is 1.73 bits per heavy atom. The van der Waals surface area contributed by atoms with Crippen LogP contribution in [0.3, 0.4) is 0 Å². The number of nitrogens with one attached hydrogen (secondary N) is 1. The maximum absolute atomic E-state index is 11.8. The number of nitrogens with two attached hydrogens (primary N) is 2. The van der Waals surface area contributed by atoms with Gasteiger partial charge in [0.15, 0.2) is 5.96 Å². The number of guanidine groups is 1. The van der Waals surface area contributed by atoms with Crippen molar-refractivity contribution in [1.82, 2.24) is 4.90 Å². The second-order valence-electron chi connectivity index (χ2n) is 7.49. The Kier molecular flexibility index (Phi) is 9.85. The summed E-state index contributed by atoms with van der Waals surface area (Å²) in [6.45, 7) is 6.43. The third-order valence-electron chi connectivity index (χ3n) is 5.36. The summed E-state index contributed by atoms with van der Waals surface area (Å²) < 4.78 is 16.6. The van der Waals surface area contributed by atoms with Crippen LogP contribution in [0.5, 0.6) is 5.75 Å². The first kappa shape index (κ1) is 23.9. The number of rotatable bonds is 7. The van der Waals surface area contributed by atoms with Gasteiger partial charge in [-0.2, -0.15) is 0 Å². The van der Waals surface area contributed by atoms with Gasteiger partial charge in [-0.25, -0.2) is 0 Å². The van der Waals surface area contributed by atoms with E-state index in [1.54, 1.807) is 0 Å². The van der Waals surface area contributed by atoms with E-state index in [1.807, 2.05) is 24.3 Å². The van der Waals surface area contributed by atoms with Gasteiger partial charge in [-0.05, 0) is 43.4 Å². The average Bonchev–Trinajstić information content (AvgIpc) is 3.00. The van der Waals surface area contributed by atoms with Crippen LogP contribution in [0.4, 0.5) is 0 Å². The summed E-state index contributed by atoms with van der Waals surface area (Å²) in [5, 5.41) is 15.8. The minimum atomic E-state index is -0.828. The Labute approximate surface area is 177 Å². The van der Waals surface area contributed by atoms with Gasteiger partial charge in [0.1, 0.15) is 5.75 Å². The van der Waals surface area contributed by atoms with Crippen LogP contribution in [0, 0.1) is 5.41 Å². The van der Waals surface area contributed by atoms with Gasteiger partial charge in [0.05, 0.1) is 18.6 Å². The Balaban J connectivity index is 0.000000735. The van der Waals surface area contributed by atoms with E-state index in [0.29, 0.717) is 32.7 Å². The Morgan fingerprint density at radius 3 is 2.37 bits per heavy atom. The predicted molar refractivity (Wildman–Crippen MR) is 114 cm³/mol. The SMILES string of the molecule is N=C(N)N.O=C(O)C1(c2ccc(OCCCN3CCCOCC3)cc2)CCOCC1. The fourth-order valence-electron chi connectivity index (χ4n) is 3.72. The number of benzene rings is 1. The number of nitrogens with zero attached hydrogens (tertiary/aromatic N) is 1. The molecule has 9 nitrogen and oxygen atoms in total. The van der Waals surface area contributed by atoms with E-state index >= 15 is 0 Å². The van der Waals surface area contributed by atoms with Gasteiger partial charge in [-0.3, -0.25) is 10.2 Å². The highest BCUT2D eigenvalue weighted by molar-refractivity contribution is 5.81. The van der Waals surface area contributed by atoms with Crippen molar-refractivity contribution in [1.29, 1.82) is 5.41 Å². The number of ether oxygens (including phenoxy) is 3. The van der Waals surface area contributed by atoms with Crippen molar-refractivity contribution in [3.8, 4) is 5.75 Å². The van der Waals surface area contributed by atoms with E-state index in [1.165, 1.54) is 0 Å². The van der Waals surface area contributed by atoms with Crippen LogP contribution in [-0.2, 0) is 19.7 Å². The van der Waals surface area contributed by atoms with Crippen LogP contribution >= 0.6 is 0 Å². The lowest BCUT2D eigenvalue weighted by molar-refractivity contribution is -0.147. The van der Waals surface area contributed by atoms with Crippen molar-refractivity contribution in [3.05, 3.63) is 29.8 Å². The van der Waals surface area contributed by atoms with Crippen molar-refractivity contribution < 1.29 is 24.1 Å². The van der Waals surface area contributed by atoms with E-state index in [-0.39, 0.29) is 5.96 Å². The summed E-state index contributed by atoms with van der Waals surface area (Å²) >= 11 is 0. The van der Waals surface area contributed by atoms with Crippen LogP contribution < -0.4 is 16.2 Å². The molecule has 2 fully saturated rings. The van der Waals surface area contributed by atoms with E-state index < -0.39 is 11.4 Å². The second kappa shape index (κ2) is 12.4. The van der Waals surface area contributed by atoms with Gasteiger partial charge < -0.3 is 35.7 Å². The largest absolute Gasteiger partial charge is 0.494 e. The highest BCUT2D eigenvalue weighted by atomic mass is 16.5. The zero-order valence-electron chi connectivity index (χ0n) is 17.5. The quantitative estimate of drug-likeness (QED) is 0.291. The lowest BCUT2D eigenvalue weighted by Gasteiger charge is -2.33. The van der Waals surface area contributed by atoms with Crippen molar-refractivity contribution in [2.24, 2.45) is 11.5 Å². The predicted octanol–water partition coefficient (Wildman–Crippen LogP) is 1.15. The number of carboxylic acid groups (broad SMARTS) is 1. The molecular formula is C21H34N4O5. The third-order valence-corrected chi connectivity index (χ3v) is 5.36. The molecule has 0 atom stereocenters. The molecule has 0 aromatic heterocycles. The minimum absolute atomic E-state index is 0.333. The molecule has 9 heteroatoms. The van der Waals surface area contributed by atoms with Crippen LogP contribution in [0.2, 0.25) is 0 Å². The molecule has 0 bridgehead atoms. The highest BCUT2D eigenvalue weighted by Crippen LogP contribution is 2.35. The van der Waals surface area contributed by atoms with E-state index in [2.05, 4.69) is 16.4 Å². The summed E-state index contributed by atoms with van der Waals surface area (Å²) in [5.41, 5.74) is 8.95. The van der Waals surface area contributed by atoms with Crippen LogP contribution in [0.1, 0.15) is 31.2 Å². The van der Waals surface area contributed by atoms with Crippen molar-refractivity contribution >= 4 is 11.9 Å². The summed E-state index contributed by atoms with van der Waals surface area (Å²) in [6, 6.07) is 7.55. The van der Waals surface area contributed by atoms with Gasteiger partial charge in [0.2, 0.25) is 0 Å². The molecule has 2 aliphatic heterocycles. The molecule has 0 spiro atoms. The molecule has 2 saturated heterocycles. The van der Waals surface area contributed by atoms with Crippen LogP contribution in [0.15, 0.2) is 24.3 Å². The maximum Gasteiger partial charge on any atom is 0.314 e. The molecule has 1 aromatic carbocycles. The van der Waals surface area contributed by atoms with E-state index in [9.17, 15) is 9.90 Å². The van der Waals surface area contributed by atoms with Crippen molar-refractivity contribution in [3.63, 3.8) is 0 Å². The topological polar surface area (TPSA) is 144 Å². The molecule has 168 valence electrons. The smallest absolute Gasteiger partial charge is 0.314 e. The van der Waals surface area contributed by atoms with Gasteiger partial charge in [-0.1, -0.05) is 12.1 Å². The summed E-state index contributed by atoms with van der Waals surface area (Å²) in [4.78, 5) is 14.3. The molecular weight excluding hydrogens is 388 g/mol. The second-order valence-corrected chi connectivity index (χ2v) is 7.49. The molecule has 0 aliphatic carbocycles. The molecule has 30 heavy (non-hydrogen) atoms. The highest BCUT2D eigenvalue weighted by Gasteiger charge is 2.41. The molecule has 2 heterocycles. The molecule has 1 aromatic rings. The summed E-state index contributed by atoms with van der Waals surface area (Å²) in [5.74, 6) is -0.309. The lowest BCUT2D eigenvalue weighted by Crippen LogP contribution is -2.41. The Morgan fingerprint density at radius 1 is 1.10 bits per heavy atom. The molecule has 6 N–H and O–H groups in total. The number of hydrogen-bond donors (Lipinski definition) is 4. The summed E-state index contributed by atoms with van der Waals surface area (Å²) in [7, 11) is 0. The number of hydrogen-bond acceptors (Lipinski definition) is 6. The van der Waals surface area contributed by atoms with Gasteiger partial charge >= 0.3 is 5.97 Å². The first-order valence-electron chi connectivity index (χ1n) is 10.4. The van der Waals surface area contributed by atoms with E-state index in [4.69, 9.17) is 19.6 Å². The number of carbonyl (C=O) groups is 1. The van der Waals surface area contributed by atoms with Gasteiger partial charge in [0, 0.05) is 39.5 Å². The molecule has 0 saturated carbocycles.